The Morgan fingerprint density at radius 1 is 1.09 bits per heavy atom. The Labute approximate surface area is 200 Å². The third kappa shape index (κ3) is 7.06. The molecule has 34 heavy (non-hydrogen) atoms. The van der Waals surface area contributed by atoms with Crippen LogP contribution >= 0.6 is 0 Å². The summed E-state index contributed by atoms with van der Waals surface area (Å²) < 4.78 is 5.56. The number of carboxylic acid groups (broad SMARTS) is 1. The molecule has 0 radical (unpaired) electrons. The molecule has 1 aromatic carbocycles. The van der Waals surface area contributed by atoms with E-state index in [1.165, 1.54) is 57.4 Å². The van der Waals surface area contributed by atoms with Crippen LogP contribution in [0.1, 0.15) is 80.3 Å². The number of aromatic nitrogens is 1. The van der Waals surface area contributed by atoms with Crippen molar-refractivity contribution in [3.8, 4) is 5.75 Å². The van der Waals surface area contributed by atoms with Crippen LogP contribution in [0.15, 0.2) is 18.2 Å². The normalized spacial score (nSPS) is 17.1. The number of pyridine rings is 1. The second-order valence-electron chi connectivity index (χ2n) is 9.38. The second-order valence-corrected chi connectivity index (χ2v) is 9.38. The van der Waals surface area contributed by atoms with Crippen molar-refractivity contribution < 1.29 is 24.5 Å². The zero-order valence-corrected chi connectivity index (χ0v) is 20.0. The summed E-state index contributed by atoms with van der Waals surface area (Å²) in [5.74, 6) is -0.434. The minimum absolute atomic E-state index is 0.0492. The number of hydrogen-bond donors (Lipinski definition) is 4. The fraction of sp³-hybridized carbons (Fsp3) is 0.577. The van der Waals surface area contributed by atoms with Crippen molar-refractivity contribution in [3.63, 3.8) is 0 Å². The van der Waals surface area contributed by atoms with Crippen LogP contribution in [-0.2, 0) is 9.53 Å². The van der Waals surface area contributed by atoms with Crippen LogP contribution in [-0.4, -0.2) is 46.3 Å². The Hall–Kier alpha value is -2.87. The fourth-order valence-corrected chi connectivity index (χ4v) is 4.91. The third-order valence-electron chi connectivity index (χ3n) is 6.70. The summed E-state index contributed by atoms with van der Waals surface area (Å²) in [4.78, 5) is 26.8. The molecule has 0 aliphatic heterocycles. The van der Waals surface area contributed by atoms with Gasteiger partial charge < -0.3 is 26.0 Å². The van der Waals surface area contributed by atoms with Gasteiger partial charge in [-0.05, 0) is 50.7 Å². The number of carbonyl (C=O) groups excluding carboxylic acids is 1. The van der Waals surface area contributed by atoms with Crippen LogP contribution in [0.2, 0.25) is 0 Å². The van der Waals surface area contributed by atoms with Crippen molar-refractivity contribution in [2.45, 2.75) is 77.2 Å². The molecule has 2 aliphatic carbocycles. The Balaban J connectivity index is 0.000000192. The van der Waals surface area contributed by atoms with Gasteiger partial charge in [-0.15, -0.1) is 0 Å². The smallest absolute Gasteiger partial charge is 0.339 e. The van der Waals surface area contributed by atoms with Crippen LogP contribution in [0.25, 0.3) is 10.9 Å². The van der Waals surface area contributed by atoms with Gasteiger partial charge >= 0.3 is 5.97 Å². The minimum Gasteiger partial charge on any atom is -0.507 e. The van der Waals surface area contributed by atoms with E-state index >= 15 is 0 Å². The predicted octanol–water partition coefficient (Wildman–Crippen LogP) is 4.56. The van der Waals surface area contributed by atoms with E-state index in [1.54, 1.807) is 19.1 Å². The SMILES string of the molecule is Cc1nc2cccc(O)c2c(N)c1C(=O)O.O=C(COCC1CCCCC1)NC1CCCCC1. The van der Waals surface area contributed by atoms with Crippen molar-refractivity contribution in [3.05, 3.63) is 29.5 Å². The van der Waals surface area contributed by atoms with Crippen LogP contribution in [0.5, 0.6) is 5.75 Å². The first-order valence-electron chi connectivity index (χ1n) is 12.3. The highest BCUT2D eigenvalue weighted by Gasteiger charge is 2.18. The van der Waals surface area contributed by atoms with Crippen LogP contribution in [0.3, 0.4) is 0 Å². The molecule has 0 saturated heterocycles. The first-order valence-corrected chi connectivity index (χ1v) is 12.3. The number of nitrogen functional groups attached to an aromatic ring is 1. The molecule has 2 aromatic rings. The number of fused-ring (bicyclic) bond motifs is 1. The highest BCUT2D eigenvalue weighted by Crippen LogP contribution is 2.32. The number of amides is 1. The van der Waals surface area contributed by atoms with Crippen LogP contribution in [0.4, 0.5) is 5.69 Å². The van der Waals surface area contributed by atoms with E-state index in [9.17, 15) is 14.7 Å². The molecule has 0 spiro atoms. The Bertz CT molecular complexity index is 982. The number of hydrogen-bond acceptors (Lipinski definition) is 6. The number of anilines is 1. The molecular formula is C26H37N3O5. The lowest BCUT2D eigenvalue weighted by atomic mass is 9.90. The van der Waals surface area contributed by atoms with E-state index in [1.807, 2.05) is 0 Å². The molecule has 8 heteroatoms. The molecule has 2 aliphatic rings. The van der Waals surface area contributed by atoms with Gasteiger partial charge in [0.2, 0.25) is 5.91 Å². The fourth-order valence-electron chi connectivity index (χ4n) is 4.91. The highest BCUT2D eigenvalue weighted by molar-refractivity contribution is 6.06. The summed E-state index contributed by atoms with van der Waals surface area (Å²) in [6, 6.07) is 5.15. The van der Waals surface area contributed by atoms with Crippen LogP contribution < -0.4 is 11.1 Å². The van der Waals surface area contributed by atoms with E-state index in [2.05, 4.69) is 10.3 Å². The van der Waals surface area contributed by atoms with Crippen molar-refractivity contribution in [1.29, 1.82) is 0 Å². The zero-order valence-electron chi connectivity index (χ0n) is 20.0. The molecule has 4 rings (SSSR count). The van der Waals surface area contributed by atoms with Crippen molar-refractivity contribution in [2.24, 2.45) is 5.92 Å². The standard InChI is InChI=1S/C15H27NO2.C11H10N2O3/c17-15(16-14-9-5-2-6-10-14)12-18-11-13-7-3-1-4-8-13;1-5-8(11(15)16)10(12)9-6(13-5)3-2-4-7(9)14/h13-14H,1-12H2,(H,16,17);2-4,14H,1H3,(H2,12,13)(H,15,16). The minimum atomic E-state index is -1.15. The van der Waals surface area contributed by atoms with E-state index in [0.717, 1.165) is 19.4 Å². The number of aromatic carboxylic acids is 1. The van der Waals surface area contributed by atoms with Gasteiger partial charge in [-0.2, -0.15) is 0 Å². The summed E-state index contributed by atoms with van der Waals surface area (Å²) in [5.41, 5.74) is 6.55. The Kier molecular flexibility index (Phi) is 9.51. The number of carboxylic acids is 1. The van der Waals surface area contributed by atoms with Gasteiger partial charge in [0.1, 0.15) is 17.9 Å². The number of phenols is 1. The number of nitrogens with zero attached hydrogens (tertiary/aromatic N) is 1. The van der Waals surface area contributed by atoms with Gasteiger partial charge in [0, 0.05) is 6.04 Å². The number of nitrogens with one attached hydrogen (secondary N) is 1. The van der Waals surface area contributed by atoms with Crippen LogP contribution in [0, 0.1) is 12.8 Å². The summed E-state index contributed by atoms with van der Waals surface area (Å²) in [7, 11) is 0. The highest BCUT2D eigenvalue weighted by atomic mass is 16.5. The maximum Gasteiger partial charge on any atom is 0.339 e. The lowest BCUT2D eigenvalue weighted by molar-refractivity contribution is -0.127. The van der Waals surface area contributed by atoms with Crippen molar-refractivity contribution in [1.82, 2.24) is 10.3 Å². The number of benzene rings is 1. The predicted molar refractivity (Wildman–Crippen MR) is 132 cm³/mol. The molecule has 0 bridgehead atoms. The summed E-state index contributed by atoms with van der Waals surface area (Å²) >= 11 is 0. The van der Waals surface area contributed by atoms with E-state index < -0.39 is 5.97 Å². The van der Waals surface area contributed by atoms with Gasteiger partial charge in [0.15, 0.2) is 0 Å². The number of ether oxygens (including phenoxy) is 1. The zero-order chi connectivity index (χ0) is 24.5. The molecule has 0 unspecified atom stereocenters. The van der Waals surface area contributed by atoms with Crippen molar-refractivity contribution >= 4 is 28.5 Å². The van der Waals surface area contributed by atoms with Gasteiger partial charge in [-0.1, -0.05) is 44.6 Å². The maximum atomic E-state index is 11.7. The Morgan fingerprint density at radius 2 is 1.74 bits per heavy atom. The molecule has 0 atom stereocenters. The molecule has 5 N–H and O–H groups in total. The number of aryl methyl sites for hydroxylation is 1. The lowest BCUT2D eigenvalue weighted by Crippen LogP contribution is -2.38. The number of phenolic OH excluding ortho intramolecular Hbond substituents is 1. The number of nitrogens with two attached hydrogens (primary N) is 1. The van der Waals surface area contributed by atoms with E-state index in [-0.39, 0.29) is 34.9 Å². The molecule has 2 saturated carbocycles. The molecular weight excluding hydrogens is 434 g/mol. The molecule has 1 amide bonds. The average Bonchev–Trinajstić information content (AvgIpc) is 2.80. The lowest BCUT2D eigenvalue weighted by Gasteiger charge is -2.23. The topological polar surface area (TPSA) is 135 Å². The average molecular weight is 472 g/mol. The summed E-state index contributed by atoms with van der Waals surface area (Å²) in [6.45, 7) is 2.61. The third-order valence-corrected chi connectivity index (χ3v) is 6.70. The summed E-state index contributed by atoms with van der Waals surface area (Å²) in [6.07, 6.45) is 12.7. The first kappa shape index (κ1) is 25.7. The number of rotatable bonds is 6. The quantitative estimate of drug-likeness (QED) is 0.485. The number of carbonyl (C=O) groups is 2. The Morgan fingerprint density at radius 3 is 2.38 bits per heavy atom. The summed E-state index contributed by atoms with van der Waals surface area (Å²) in [5, 5.41) is 22.0. The molecule has 186 valence electrons. The largest absolute Gasteiger partial charge is 0.507 e. The van der Waals surface area contributed by atoms with Gasteiger partial charge in [0.05, 0.1) is 28.9 Å². The second kappa shape index (κ2) is 12.6. The molecule has 1 heterocycles. The maximum absolute atomic E-state index is 11.7. The monoisotopic (exact) mass is 471 g/mol. The number of aromatic hydroxyl groups is 1. The van der Waals surface area contributed by atoms with E-state index in [0.29, 0.717) is 23.2 Å². The molecule has 1 aromatic heterocycles. The molecule has 8 nitrogen and oxygen atoms in total. The van der Waals surface area contributed by atoms with E-state index in [4.69, 9.17) is 15.6 Å². The molecule has 2 fully saturated rings. The van der Waals surface area contributed by atoms with Gasteiger partial charge in [0.25, 0.3) is 0 Å². The van der Waals surface area contributed by atoms with Crippen molar-refractivity contribution in [2.75, 3.05) is 18.9 Å². The first-order chi connectivity index (χ1) is 16.4. The van der Waals surface area contributed by atoms with Gasteiger partial charge in [-0.25, -0.2) is 4.79 Å². The van der Waals surface area contributed by atoms with Gasteiger partial charge in [-0.3, -0.25) is 9.78 Å².